The van der Waals surface area contributed by atoms with Crippen molar-refractivity contribution in [2.45, 2.75) is 12.8 Å². The fourth-order valence-electron chi connectivity index (χ4n) is 2.57. The summed E-state index contributed by atoms with van der Waals surface area (Å²) in [4.78, 5) is 38.1. The van der Waals surface area contributed by atoms with E-state index in [-0.39, 0.29) is 41.9 Å². The van der Waals surface area contributed by atoms with Gasteiger partial charge in [-0.1, -0.05) is 0 Å². The summed E-state index contributed by atoms with van der Waals surface area (Å²) >= 11 is 5.53. The Hall–Kier alpha value is -1.10. The van der Waals surface area contributed by atoms with Gasteiger partial charge < -0.3 is 4.90 Å². The highest BCUT2D eigenvalue weighted by molar-refractivity contribution is 6.18. The normalized spacial score (nSPS) is 28.6. The number of nitrogens with zero attached hydrogens (tertiary/aromatic N) is 2. The Morgan fingerprint density at radius 3 is 2.65 bits per heavy atom. The van der Waals surface area contributed by atoms with Gasteiger partial charge in [0.25, 0.3) is 0 Å². The number of amides is 3. The summed E-state index contributed by atoms with van der Waals surface area (Å²) < 4.78 is 0. The molecular weight excluding hydrogens is 244 g/mol. The number of halogens is 1. The van der Waals surface area contributed by atoms with Gasteiger partial charge >= 0.3 is 0 Å². The van der Waals surface area contributed by atoms with Crippen molar-refractivity contribution in [1.29, 1.82) is 0 Å². The summed E-state index contributed by atoms with van der Waals surface area (Å²) in [5.41, 5.74) is 0. The topological polar surface area (TPSA) is 57.7 Å². The quantitative estimate of drug-likeness (QED) is 0.521. The van der Waals surface area contributed by atoms with Crippen LogP contribution in [0.15, 0.2) is 0 Å². The first-order valence-electron chi connectivity index (χ1n) is 5.71. The third kappa shape index (κ3) is 2.04. The molecule has 17 heavy (non-hydrogen) atoms. The molecule has 2 aliphatic heterocycles. The van der Waals surface area contributed by atoms with Gasteiger partial charge in [0.05, 0.1) is 11.8 Å². The van der Waals surface area contributed by atoms with Gasteiger partial charge in [0.15, 0.2) is 0 Å². The van der Waals surface area contributed by atoms with Crippen LogP contribution in [0.4, 0.5) is 0 Å². The van der Waals surface area contributed by atoms with E-state index in [4.69, 9.17) is 11.6 Å². The summed E-state index contributed by atoms with van der Waals surface area (Å²) in [5, 5.41) is 0. The summed E-state index contributed by atoms with van der Waals surface area (Å²) in [5.74, 6) is -0.593. The summed E-state index contributed by atoms with van der Waals surface area (Å²) in [6.07, 6.45) is 0.866. The first kappa shape index (κ1) is 12.4. The van der Waals surface area contributed by atoms with E-state index in [1.54, 1.807) is 4.90 Å². The second-order valence-corrected chi connectivity index (χ2v) is 4.89. The Labute approximate surface area is 105 Å². The highest BCUT2D eigenvalue weighted by Crippen LogP contribution is 2.32. The maximum absolute atomic E-state index is 11.8. The van der Waals surface area contributed by atoms with E-state index in [9.17, 15) is 14.4 Å². The molecule has 2 rings (SSSR count). The number of hydrogen-bond donors (Lipinski definition) is 0. The molecule has 2 fully saturated rings. The van der Waals surface area contributed by atoms with Crippen LogP contribution in [0.1, 0.15) is 12.8 Å². The van der Waals surface area contributed by atoms with Crippen molar-refractivity contribution in [3.05, 3.63) is 0 Å². The lowest BCUT2D eigenvalue weighted by molar-refractivity contribution is -0.138. The van der Waals surface area contributed by atoms with Crippen molar-refractivity contribution in [2.75, 3.05) is 26.0 Å². The van der Waals surface area contributed by atoms with Crippen LogP contribution in [-0.2, 0) is 14.4 Å². The number of carbonyl (C=O) groups excluding carboxylic acids is 3. The van der Waals surface area contributed by atoms with E-state index in [2.05, 4.69) is 0 Å². The Morgan fingerprint density at radius 2 is 2.00 bits per heavy atom. The van der Waals surface area contributed by atoms with E-state index >= 15 is 0 Å². The van der Waals surface area contributed by atoms with Gasteiger partial charge in [-0.15, -0.1) is 11.6 Å². The predicted octanol–water partition coefficient (Wildman–Crippen LogP) is 0.0786. The number of piperidine rings is 1. The number of hydrogen-bond acceptors (Lipinski definition) is 3. The molecule has 0 N–H and O–H groups in total. The number of imide groups is 1. The van der Waals surface area contributed by atoms with Crippen molar-refractivity contribution < 1.29 is 14.4 Å². The molecule has 0 aromatic rings. The van der Waals surface area contributed by atoms with Crippen molar-refractivity contribution >= 4 is 29.3 Å². The SMILES string of the molecule is CN1C(=O)[C@H]2CCN(C(=O)CCCl)C[C@H]2C1=O. The molecule has 2 atom stereocenters. The molecule has 0 unspecified atom stereocenters. The molecule has 0 aromatic carbocycles. The summed E-state index contributed by atoms with van der Waals surface area (Å²) in [6.45, 7) is 0.902. The van der Waals surface area contributed by atoms with Gasteiger partial charge in [-0.2, -0.15) is 0 Å². The fraction of sp³-hybridized carbons (Fsp3) is 0.727. The van der Waals surface area contributed by atoms with E-state index in [0.29, 0.717) is 19.5 Å². The Balaban J connectivity index is 2.07. The first-order chi connectivity index (χ1) is 8.06. The molecular formula is C11H15ClN2O3. The van der Waals surface area contributed by atoms with Gasteiger partial charge in [-0.3, -0.25) is 19.3 Å². The third-order valence-corrected chi connectivity index (χ3v) is 3.76. The summed E-state index contributed by atoms with van der Waals surface area (Å²) in [7, 11) is 1.51. The number of rotatable bonds is 2. The molecule has 0 aliphatic carbocycles. The van der Waals surface area contributed by atoms with Crippen molar-refractivity contribution in [1.82, 2.24) is 9.80 Å². The number of likely N-dealkylation sites (tertiary alicyclic amines) is 2. The molecule has 0 aromatic heterocycles. The minimum Gasteiger partial charge on any atom is -0.342 e. The molecule has 2 saturated heterocycles. The Morgan fingerprint density at radius 1 is 1.35 bits per heavy atom. The monoisotopic (exact) mass is 258 g/mol. The lowest BCUT2D eigenvalue weighted by Gasteiger charge is -2.32. The van der Waals surface area contributed by atoms with Crippen LogP contribution in [0.5, 0.6) is 0 Å². The van der Waals surface area contributed by atoms with Crippen LogP contribution in [-0.4, -0.2) is 53.5 Å². The zero-order valence-corrected chi connectivity index (χ0v) is 10.4. The molecule has 0 spiro atoms. The molecule has 5 nitrogen and oxygen atoms in total. The lowest BCUT2D eigenvalue weighted by atomic mass is 9.87. The smallest absolute Gasteiger partial charge is 0.234 e. The molecule has 6 heteroatoms. The molecule has 0 bridgehead atoms. The Kier molecular flexibility index (Phi) is 3.38. The van der Waals surface area contributed by atoms with Crippen LogP contribution in [0.25, 0.3) is 0 Å². The fourth-order valence-corrected chi connectivity index (χ4v) is 2.73. The average Bonchev–Trinajstić information content (AvgIpc) is 2.55. The zero-order chi connectivity index (χ0) is 12.6. The second kappa shape index (κ2) is 4.64. The highest BCUT2D eigenvalue weighted by atomic mass is 35.5. The first-order valence-corrected chi connectivity index (χ1v) is 6.25. The van der Waals surface area contributed by atoms with Gasteiger partial charge in [-0.05, 0) is 6.42 Å². The Bertz CT molecular complexity index is 372. The lowest BCUT2D eigenvalue weighted by Crippen LogP contribution is -2.45. The van der Waals surface area contributed by atoms with Crippen molar-refractivity contribution in [3.63, 3.8) is 0 Å². The van der Waals surface area contributed by atoms with E-state index in [0.717, 1.165) is 0 Å². The van der Waals surface area contributed by atoms with Crippen LogP contribution in [0.3, 0.4) is 0 Å². The van der Waals surface area contributed by atoms with E-state index < -0.39 is 0 Å². The van der Waals surface area contributed by atoms with Crippen LogP contribution in [0.2, 0.25) is 0 Å². The van der Waals surface area contributed by atoms with E-state index in [1.165, 1.54) is 11.9 Å². The van der Waals surface area contributed by atoms with Crippen LogP contribution in [0, 0.1) is 11.8 Å². The van der Waals surface area contributed by atoms with Crippen molar-refractivity contribution in [2.24, 2.45) is 11.8 Å². The maximum Gasteiger partial charge on any atom is 0.234 e. The van der Waals surface area contributed by atoms with Crippen molar-refractivity contribution in [3.8, 4) is 0 Å². The number of alkyl halides is 1. The average molecular weight is 259 g/mol. The van der Waals surface area contributed by atoms with Crippen LogP contribution >= 0.6 is 11.6 Å². The molecule has 2 heterocycles. The number of fused-ring (bicyclic) bond motifs is 1. The minimum absolute atomic E-state index is 0.0340. The molecule has 94 valence electrons. The predicted molar refractivity (Wildman–Crippen MR) is 61.3 cm³/mol. The molecule has 2 aliphatic rings. The minimum atomic E-state index is -0.347. The van der Waals surface area contributed by atoms with Gasteiger partial charge in [0.1, 0.15) is 0 Å². The summed E-state index contributed by atoms with van der Waals surface area (Å²) in [6, 6.07) is 0. The molecule has 0 saturated carbocycles. The van der Waals surface area contributed by atoms with Crippen LogP contribution < -0.4 is 0 Å². The standard InChI is InChI=1S/C11H15ClN2O3/c1-13-10(16)7-3-5-14(9(15)2-4-12)6-8(7)11(13)17/h7-8H,2-6H2,1H3/t7-,8+/m0/s1. The number of carbonyl (C=O) groups is 3. The molecule has 3 amide bonds. The second-order valence-electron chi connectivity index (χ2n) is 4.52. The van der Waals surface area contributed by atoms with Gasteiger partial charge in [0.2, 0.25) is 17.7 Å². The maximum atomic E-state index is 11.8. The molecule has 0 radical (unpaired) electrons. The van der Waals surface area contributed by atoms with Gasteiger partial charge in [-0.25, -0.2) is 0 Å². The van der Waals surface area contributed by atoms with E-state index in [1.807, 2.05) is 0 Å². The highest BCUT2D eigenvalue weighted by Gasteiger charge is 2.48. The third-order valence-electron chi connectivity index (χ3n) is 3.57. The zero-order valence-electron chi connectivity index (χ0n) is 9.69. The largest absolute Gasteiger partial charge is 0.342 e. The van der Waals surface area contributed by atoms with Gasteiger partial charge in [0, 0.05) is 32.4 Å².